The minimum absolute atomic E-state index is 0.0649. The Morgan fingerprint density at radius 3 is 2.65 bits per heavy atom. The molecule has 2 bridgehead atoms. The largest absolute Gasteiger partial charge is 0.365 e. The lowest BCUT2D eigenvalue weighted by atomic mass is 9.99. The van der Waals surface area contributed by atoms with Gasteiger partial charge < -0.3 is 15.6 Å². The number of hydrogen-bond donors (Lipinski definition) is 3. The number of fused-ring (bicyclic) bond motifs is 2. The average Bonchev–Trinajstić information content (AvgIpc) is 2.85. The van der Waals surface area contributed by atoms with E-state index in [1.165, 1.54) is 12.8 Å². The first-order chi connectivity index (χ1) is 8.22. The molecular weight excluding hydrogens is 214 g/mol. The molecule has 3 heterocycles. The zero-order valence-corrected chi connectivity index (χ0v) is 10.1. The number of carbonyl (C=O) groups excluding carboxylic acids is 1. The smallest absolute Gasteiger partial charge is 0.253 e. The summed E-state index contributed by atoms with van der Waals surface area (Å²) in [5.74, 6) is 0.0649. The molecule has 1 aromatic rings. The third-order valence-electron chi connectivity index (χ3n) is 4.01. The first-order valence-corrected chi connectivity index (χ1v) is 6.43. The van der Waals surface area contributed by atoms with Gasteiger partial charge in [0, 0.05) is 30.0 Å². The van der Waals surface area contributed by atoms with Crippen molar-refractivity contribution < 1.29 is 4.79 Å². The number of aromatic nitrogens is 1. The molecule has 2 fully saturated rings. The normalized spacial score (nSPS) is 31.5. The molecule has 1 amide bonds. The number of rotatable bonds is 2. The van der Waals surface area contributed by atoms with Crippen molar-refractivity contribution in [2.75, 3.05) is 0 Å². The van der Waals surface area contributed by atoms with Crippen LogP contribution in [0.25, 0.3) is 0 Å². The highest BCUT2D eigenvalue weighted by Crippen LogP contribution is 2.26. The molecular formula is C13H19N3O. The Morgan fingerprint density at radius 2 is 2.06 bits per heavy atom. The van der Waals surface area contributed by atoms with Crippen molar-refractivity contribution in [2.45, 2.75) is 50.7 Å². The van der Waals surface area contributed by atoms with Crippen LogP contribution in [0.15, 0.2) is 12.3 Å². The van der Waals surface area contributed by atoms with Crippen molar-refractivity contribution >= 4 is 5.91 Å². The fourth-order valence-corrected chi connectivity index (χ4v) is 3.14. The first kappa shape index (κ1) is 10.8. The minimum atomic E-state index is 0.0649. The first-order valence-electron chi connectivity index (χ1n) is 6.43. The SMILES string of the molecule is Cc1[nH]ccc1C(=O)NC1CC2CCC(C1)N2. The van der Waals surface area contributed by atoms with E-state index in [0.29, 0.717) is 18.1 Å². The van der Waals surface area contributed by atoms with Crippen molar-refractivity contribution in [1.29, 1.82) is 0 Å². The molecule has 0 aliphatic carbocycles. The number of amides is 1. The molecule has 0 spiro atoms. The second kappa shape index (κ2) is 4.18. The summed E-state index contributed by atoms with van der Waals surface area (Å²) in [6.07, 6.45) is 6.49. The summed E-state index contributed by atoms with van der Waals surface area (Å²) in [7, 11) is 0. The molecule has 0 aromatic carbocycles. The highest BCUT2D eigenvalue weighted by Gasteiger charge is 2.34. The Bertz CT molecular complexity index is 414. The number of piperidine rings is 1. The predicted molar refractivity (Wildman–Crippen MR) is 66.0 cm³/mol. The zero-order chi connectivity index (χ0) is 11.8. The van der Waals surface area contributed by atoms with Gasteiger partial charge in [-0.25, -0.2) is 0 Å². The monoisotopic (exact) mass is 233 g/mol. The lowest BCUT2D eigenvalue weighted by molar-refractivity contribution is 0.0923. The molecule has 1 aromatic heterocycles. The van der Waals surface area contributed by atoms with Crippen LogP contribution >= 0.6 is 0 Å². The van der Waals surface area contributed by atoms with E-state index in [9.17, 15) is 4.79 Å². The van der Waals surface area contributed by atoms with E-state index in [4.69, 9.17) is 0 Å². The lowest BCUT2D eigenvalue weighted by Gasteiger charge is -2.29. The molecule has 2 saturated heterocycles. The van der Waals surface area contributed by atoms with Crippen molar-refractivity contribution in [3.8, 4) is 0 Å². The minimum Gasteiger partial charge on any atom is -0.365 e. The van der Waals surface area contributed by atoms with Gasteiger partial charge in [-0.15, -0.1) is 0 Å². The van der Waals surface area contributed by atoms with Gasteiger partial charge >= 0.3 is 0 Å². The summed E-state index contributed by atoms with van der Waals surface area (Å²) in [5, 5.41) is 6.75. The molecule has 3 N–H and O–H groups in total. The van der Waals surface area contributed by atoms with Gasteiger partial charge in [-0.1, -0.05) is 0 Å². The van der Waals surface area contributed by atoms with Gasteiger partial charge in [0.15, 0.2) is 0 Å². The highest BCUT2D eigenvalue weighted by molar-refractivity contribution is 5.95. The molecule has 4 nitrogen and oxygen atoms in total. The second-order valence-electron chi connectivity index (χ2n) is 5.30. The van der Waals surface area contributed by atoms with Crippen molar-refractivity contribution in [3.05, 3.63) is 23.5 Å². The van der Waals surface area contributed by atoms with Crippen LogP contribution < -0.4 is 10.6 Å². The molecule has 3 rings (SSSR count). The maximum Gasteiger partial charge on any atom is 0.253 e. The maximum absolute atomic E-state index is 12.1. The topological polar surface area (TPSA) is 56.9 Å². The van der Waals surface area contributed by atoms with Gasteiger partial charge in [-0.05, 0) is 38.7 Å². The third-order valence-corrected chi connectivity index (χ3v) is 4.01. The molecule has 2 aliphatic rings. The van der Waals surface area contributed by atoms with E-state index in [-0.39, 0.29) is 5.91 Å². The van der Waals surface area contributed by atoms with Crippen LogP contribution in [0.2, 0.25) is 0 Å². The number of hydrogen-bond acceptors (Lipinski definition) is 2. The molecule has 0 radical (unpaired) electrons. The zero-order valence-electron chi connectivity index (χ0n) is 10.1. The number of aromatic amines is 1. The number of aryl methyl sites for hydroxylation is 1. The summed E-state index contributed by atoms with van der Waals surface area (Å²) >= 11 is 0. The summed E-state index contributed by atoms with van der Waals surface area (Å²) in [5.41, 5.74) is 1.72. The second-order valence-corrected chi connectivity index (χ2v) is 5.30. The van der Waals surface area contributed by atoms with Crippen molar-refractivity contribution in [1.82, 2.24) is 15.6 Å². The average molecular weight is 233 g/mol. The molecule has 0 saturated carbocycles. The van der Waals surface area contributed by atoms with E-state index in [1.807, 2.05) is 19.2 Å². The van der Waals surface area contributed by atoms with Gasteiger partial charge in [0.2, 0.25) is 0 Å². The van der Waals surface area contributed by atoms with Gasteiger partial charge in [0.05, 0.1) is 5.56 Å². The highest BCUT2D eigenvalue weighted by atomic mass is 16.1. The molecule has 17 heavy (non-hydrogen) atoms. The van der Waals surface area contributed by atoms with Crippen molar-refractivity contribution in [2.24, 2.45) is 0 Å². The van der Waals surface area contributed by atoms with Crippen LogP contribution in [-0.4, -0.2) is 29.0 Å². The van der Waals surface area contributed by atoms with Crippen LogP contribution in [-0.2, 0) is 0 Å². The van der Waals surface area contributed by atoms with Crippen molar-refractivity contribution in [3.63, 3.8) is 0 Å². The van der Waals surface area contributed by atoms with E-state index in [1.54, 1.807) is 0 Å². The Balaban J connectivity index is 1.64. The predicted octanol–water partition coefficient (Wildman–Crippen LogP) is 1.34. The Hall–Kier alpha value is -1.29. The van der Waals surface area contributed by atoms with Crippen LogP contribution in [0.3, 0.4) is 0 Å². The van der Waals surface area contributed by atoms with Gasteiger partial charge in [0.25, 0.3) is 5.91 Å². The van der Waals surface area contributed by atoms with E-state index in [2.05, 4.69) is 15.6 Å². The van der Waals surface area contributed by atoms with Crippen LogP contribution in [0, 0.1) is 6.92 Å². The fourth-order valence-electron chi connectivity index (χ4n) is 3.14. The van der Waals surface area contributed by atoms with Crippen LogP contribution in [0.1, 0.15) is 41.7 Å². The molecule has 2 atom stereocenters. The molecule has 2 unspecified atom stereocenters. The summed E-state index contributed by atoms with van der Waals surface area (Å²) < 4.78 is 0. The maximum atomic E-state index is 12.1. The summed E-state index contributed by atoms with van der Waals surface area (Å²) in [6, 6.07) is 3.42. The lowest BCUT2D eigenvalue weighted by Crippen LogP contribution is -2.48. The van der Waals surface area contributed by atoms with E-state index >= 15 is 0 Å². The quantitative estimate of drug-likeness (QED) is 0.722. The fraction of sp³-hybridized carbons (Fsp3) is 0.615. The van der Waals surface area contributed by atoms with Crippen LogP contribution in [0.5, 0.6) is 0 Å². The Labute approximate surface area is 101 Å². The standard InChI is InChI=1S/C13H19N3O/c1-8-12(4-5-14-8)13(17)16-11-6-9-2-3-10(7-11)15-9/h4-5,9-11,14-15H,2-3,6-7H2,1H3,(H,16,17). The molecule has 4 heteroatoms. The Morgan fingerprint density at radius 1 is 1.35 bits per heavy atom. The molecule has 2 aliphatic heterocycles. The summed E-state index contributed by atoms with van der Waals surface area (Å²) in [4.78, 5) is 15.1. The summed E-state index contributed by atoms with van der Waals surface area (Å²) in [6.45, 7) is 1.93. The third kappa shape index (κ3) is 2.09. The number of nitrogens with one attached hydrogen (secondary N) is 3. The van der Waals surface area contributed by atoms with E-state index in [0.717, 1.165) is 24.1 Å². The van der Waals surface area contributed by atoms with Crippen LogP contribution in [0.4, 0.5) is 0 Å². The van der Waals surface area contributed by atoms with E-state index < -0.39 is 0 Å². The molecule has 92 valence electrons. The van der Waals surface area contributed by atoms with Gasteiger partial charge in [0.1, 0.15) is 0 Å². The number of carbonyl (C=O) groups is 1. The number of H-pyrrole nitrogens is 1. The Kier molecular flexibility index (Phi) is 2.67. The van der Waals surface area contributed by atoms with Gasteiger partial charge in [-0.3, -0.25) is 4.79 Å². The van der Waals surface area contributed by atoms with Gasteiger partial charge in [-0.2, -0.15) is 0 Å².